The van der Waals surface area contributed by atoms with E-state index in [4.69, 9.17) is 21.7 Å². The van der Waals surface area contributed by atoms with Crippen molar-refractivity contribution in [3.05, 3.63) is 53.6 Å². The summed E-state index contributed by atoms with van der Waals surface area (Å²) in [4.78, 5) is 0. The van der Waals surface area contributed by atoms with Gasteiger partial charge in [-0.3, -0.25) is 0 Å². The molecule has 23 heavy (non-hydrogen) atoms. The van der Waals surface area contributed by atoms with Crippen molar-refractivity contribution in [2.24, 2.45) is 0 Å². The first-order chi connectivity index (χ1) is 11.2. The van der Waals surface area contributed by atoms with E-state index in [-0.39, 0.29) is 0 Å². The number of nitrogens with one attached hydrogen (secondary N) is 2. The predicted molar refractivity (Wildman–Crippen MR) is 96.1 cm³/mol. The molecule has 4 nitrogen and oxygen atoms in total. The van der Waals surface area contributed by atoms with Crippen LogP contribution in [-0.4, -0.2) is 11.9 Å². The van der Waals surface area contributed by atoms with Gasteiger partial charge in [-0.1, -0.05) is 31.5 Å². The Bertz CT molecular complexity index is 686. The first-order valence-corrected chi connectivity index (χ1v) is 8.18. The second-order valence-electron chi connectivity index (χ2n) is 5.44. The molecule has 0 saturated heterocycles. The lowest BCUT2D eigenvalue weighted by Crippen LogP contribution is -2.27. The number of fused-ring (bicyclic) bond motifs is 1. The molecule has 0 amide bonds. The van der Waals surface area contributed by atoms with E-state index in [9.17, 15) is 0 Å². The molecule has 0 saturated carbocycles. The number of anilines is 1. The first-order valence-electron chi connectivity index (χ1n) is 7.77. The highest BCUT2D eigenvalue weighted by Crippen LogP contribution is 2.32. The Morgan fingerprint density at radius 2 is 1.78 bits per heavy atom. The Balaban J connectivity index is 1.51. The van der Waals surface area contributed by atoms with Gasteiger partial charge in [0.1, 0.15) is 0 Å². The highest BCUT2D eigenvalue weighted by molar-refractivity contribution is 7.80. The normalized spacial score (nSPS) is 12.0. The molecule has 1 heterocycles. The fraction of sp³-hybridized carbons (Fsp3) is 0.278. The topological polar surface area (TPSA) is 42.5 Å². The molecule has 0 aromatic heterocycles. The Labute approximate surface area is 141 Å². The summed E-state index contributed by atoms with van der Waals surface area (Å²) in [7, 11) is 0. The summed E-state index contributed by atoms with van der Waals surface area (Å²) in [5, 5.41) is 7.00. The zero-order valence-electron chi connectivity index (χ0n) is 13.1. The molecule has 2 aromatic rings. The molecule has 1 aliphatic heterocycles. The van der Waals surface area contributed by atoms with Gasteiger partial charge in [-0.05, 0) is 54.0 Å². The zero-order chi connectivity index (χ0) is 16.1. The predicted octanol–water partition coefficient (Wildman–Crippen LogP) is 3.85. The van der Waals surface area contributed by atoms with Crippen molar-refractivity contribution in [1.29, 1.82) is 0 Å². The molecule has 5 heteroatoms. The van der Waals surface area contributed by atoms with Crippen molar-refractivity contribution in [3.63, 3.8) is 0 Å². The van der Waals surface area contributed by atoms with E-state index in [2.05, 4.69) is 41.8 Å². The third kappa shape index (κ3) is 4.13. The van der Waals surface area contributed by atoms with Crippen LogP contribution in [0.25, 0.3) is 0 Å². The van der Waals surface area contributed by atoms with Crippen LogP contribution in [0.4, 0.5) is 5.69 Å². The standard InChI is InChI=1S/C18H20N2O2S/c1-2-3-13-4-7-15(8-5-13)20-18(23)19-11-14-6-9-16-17(10-14)22-12-21-16/h4-10H,2-3,11-12H2,1H3,(H2,19,20,23). The van der Waals surface area contributed by atoms with E-state index < -0.39 is 0 Å². The molecule has 0 radical (unpaired) electrons. The van der Waals surface area contributed by atoms with E-state index in [0.29, 0.717) is 18.5 Å². The number of ether oxygens (including phenoxy) is 2. The Hall–Kier alpha value is -2.27. The molecular weight excluding hydrogens is 308 g/mol. The van der Waals surface area contributed by atoms with Crippen LogP contribution in [0.3, 0.4) is 0 Å². The molecule has 2 N–H and O–H groups in total. The van der Waals surface area contributed by atoms with Crippen molar-refractivity contribution in [3.8, 4) is 11.5 Å². The lowest BCUT2D eigenvalue weighted by molar-refractivity contribution is 0.174. The third-order valence-corrected chi connectivity index (χ3v) is 3.89. The molecule has 120 valence electrons. The minimum absolute atomic E-state index is 0.292. The monoisotopic (exact) mass is 328 g/mol. The van der Waals surface area contributed by atoms with Crippen molar-refractivity contribution < 1.29 is 9.47 Å². The van der Waals surface area contributed by atoms with Crippen LogP contribution < -0.4 is 20.1 Å². The van der Waals surface area contributed by atoms with Gasteiger partial charge in [-0.25, -0.2) is 0 Å². The van der Waals surface area contributed by atoms with Crippen molar-refractivity contribution in [1.82, 2.24) is 5.32 Å². The van der Waals surface area contributed by atoms with Gasteiger partial charge in [0.15, 0.2) is 16.6 Å². The maximum absolute atomic E-state index is 5.37. The van der Waals surface area contributed by atoms with E-state index in [0.717, 1.165) is 35.6 Å². The van der Waals surface area contributed by atoms with Crippen LogP contribution in [0.15, 0.2) is 42.5 Å². The van der Waals surface area contributed by atoms with Gasteiger partial charge >= 0.3 is 0 Å². The summed E-state index contributed by atoms with van der Waals surface area (Å²) < 4.78 is 10.7. The second-order valence-corrected chi connectivity index (χ2v) is 5.85. The number of benzene rings is 2. The van der Waals surface area contributed by atoms with Gasteiger partial charge < -0.3 is 20.1 Å². The van der Waals surface area contributed by atoms with Crippen LogP contribution in [0.1, 0.15) is 24.5 Å². The van der Waals surface area contributed by atoms with Crippen molar-refractivity contribution in [2.75, 3.05) is 12.1 Å². The highest BCUT2D eigenvalue weighted by atomic mass is 32.1. The van der Waals surface area contributed by atoms with Crippen LogP contribution in [0.2, 0.25) is 0 Å². The fourth-order valence-electron chi connectivity index (χ4n) is 2.45. The Morgan fingerprint density at radius 1 is 1.04 bits per heavy atom. The van der Waals surface area contributed by atoms with Gasteiger partial charge in [-0.2, -0.15) is 0 Å². The minimum atomic E-state index is 0.292. The molecule has 3 rings (SSSR count). The largest absolute Gasteiger partial charge is 0.454 e. The second kappa shape index (κ2) is 7.33. The quantitative estimate of drug-likeness (QED) is 0.816. The fourth-order valence-corrected chi connectivity index (χ4v) is 2.64. The lowest BCUT2D eigenvalue weighted by atomic mass is 10.1. The van der Waals surface area contributed by atoms with Gasteiger partial charge in [0.05, 0.1) is 0 Å². The van der Waals surface area contributed by atoms with Gasteiger partial charge in [0.25, 0.3) is 0 Å². The summed E-state index contributed by atoms with van der Waals surface area (Å²) in [6.07, 6.45) is 2.26. The maximum atomic E-state index is 5.37. The SMILES string of the molecule is CCCc1ccc(NC(=S)NCc2ccc3c(c2)OCO3)cc1. The summed E-state index contributed by atoms with van der Waals surface area (Å²) >= 11 is 5.34. The minimum Gasteiger partial charge on any atom is -0.454 e. The molecule has 0 atom stereocenters. The van der Waals surface area contributed by atoms with Crippen LogP contribution >= 0.6 is 12.2 Å². The molecule has 0 spiro atoms. The molecule has 1 aliphatic rings. The number of rotatable bonds is 5. The Morgan fingerprint density at radius 3 is 2.57 bits per heavy atom. The van der Waals surface area contributed by atoms with Gasteiger partial charge in [0, 0.05) is 12.2 Å². The Kier molecular flexibility index (Phi) is 4.98. The van der Waals surface area contributed by atoms with Crippen molar-refractivity contribution in [2.45, 2.75) is 26.3 Å². The summed E-state index contributed by atoms with van der Waals surface area (Å²) in [5.41, 5.74) is 3.43. The molecule has 0 unspecified atom stereocenters. The average Bonchev–Trinajstić information content (AvgIpc) is 3.03. The molecule has 0 fully saturated rings. The molecular formula is C18H20N2O2S. The molecule has 2 aromatic carbocycles. The molecule has 0 bridgehead atoms. The average molecular weight is 328 g/mol. The first kappa shape index (κ1) is 15.6. The summed E-state index contributed by atoms with van der Waals surface area (Å²) in [5.74, 6) is 1.58. The van der Waals surface area contributed by atoms with E-state index in [1.54, 1.807) is 0 Å². The van der Waals surface area contributed by atoms with Gasteiger partial charge in [-0.15, -0.1) is 0 Å². The number of aryl methyl sites for hydroxylation is 1. The zero-order valence-corrected chi connectivity index (χ0v) is 13.9. The van der Waals surface area contributed by atoms with Crippen LogP contribution in [-0.2, 0) is 13.0 Å². The van der Waals surface area contributed by atoms with E-state index in [1.165, 1.54) is 5.56 Å². The van der Waals surface area contributed by atoms with E-state index in [1.807, 2.05) is 18.2 Å². The smallest absolute Gasteiger partial charge is 0.231 e. The van der Waals surface area contributed by atoms with Crippen LogP contribution in [0.5, 0.6) is 11.5 Å². The maximum Gasteiger partial charge on any atom is 0.231 e. The lowest BCUT2D eigenvalue weighted by Gasteiger charge is -2.11. The third-order valence-electron chi connectivity index (χ3n) is 3.64. The highest BCUT2D eigenvalue weighted by Gasteiger charge is 2.13. The van der Waals surface area contributed by atoms with E-state index >= 15 is 0 Å². The summed E-state index contributed by atoms with van der Waals surface area (Å²) in [6.45, 7) is 3.11. The number of hydrogen-bond donors (Lipinski definition) is 2. The van der Waals surface area contributed by atoms with Gasteiger partial charge in [0.2, 0.25) is 6.79 Å². The molecule has 0 aliphatic carbocycles. The van der Waals surface area contributed by atoms with Crippen LogP contribution in [0, 0.1) is 0 Å². The summed E-state index contributed by atoms with van der Waals surface area (Å²) in [6, 6.07) is 14.3. The number of hydrogen-bond acceptors (Lipinski definition) is 3. The number of thiocarbonyl (C=S) groups is 1. The van der Waals surface area contributed by atoms with Crippen molar-refractivity contribution >= 4 is 23.0 Å².